The van der Waals surface area contributed by atoms with Gasteiger partial charge >= 0.3 is 0 Å². The molecule has 0 radical (unpaired) electrons. The zero-order valence-corrected chi connectivity index (χ0v) is 12.9. The normalized spacial score (nSPS) is 19.9. The molecule has 1 aliphatic heterocycles. The maximum atomic E-state index is 13.1. The SMILES string of the molecule is O=S(=O)(CC1CCCCO1)Nc1cc(F)c(F)cc1Br. The molecule has 8 heteroatoms. The van der Waals surface area contributed by atoms with Gasteiger partial charge in [0.2, 0.25) is 10.0 Å². The van der Waals surface area contributed by atoms with Crippen molar-refractivity contribution in [2.24, 2.45) is 0 Å². The van der Waals surface area contributed by atoms with Crippen molar-refractivity contribution in [3.63, 3.8) is 0 Å². The van der Waals surface area contributed by atoms with Crippen molar-refractivity contribution in [2.45, 2.75) is 25.4 Å². The molecule has 1 fully saturated rings. The third kappa shape index (κ3) is 4.13. The molecule has 0 saturated carbocycles. The highest BCUT2D eigenvalue weighted by molar-refractivity contribution is 9.10. The van der Waals surface area contributed by atoms with Crippen LogP contribution in [0.25, 0.3) is 0 Å². The molecule has 1 aliphatic rings. The molecule has 0 aliphatic carbocycles. The first-order valence-corrected chi connectivity index (χ1v) is 8.58. The van der Waals surface area contributed by atoms with E-state index in [9.17, 15) is 17.2 Å². The van der Waals surface area contributed by atoms with Crippen LogP contribution in [-0.2, 0) is 14.8 Å². The van der Waals surface area contributed by atoms with Crippen LogP contribution in [0.1, 0.15) is 19.3 Å². The molecule has 1 aromatic carbocycles. The van der Waals surface area contributed by atoms with Gasteiger partial charge in [-0.3, -0.25) is 4.72 Å². The van der Waals surface area contributed by atoms with Gasteiger partial charge in [-0.25, -0.2) is 17.2 Å². The number of ether oxygens (including phenoxy) is 1. The Morgan fingerprint density at radius 1 is 1.30 bits per heavy atom. The molecule has 4 nitrogen and oxygen atoms in total. The Balaban J connectivity index is 2.09. The van der Waals surface area contributed by atoms with E-state index in [4.69, 9.17) is 4.74 Å². The molecule has 2 rings (SSSR count). The van der Waals surface area contributed by atoms with Crippen LogP contribution in [0.2, 0.25) is 0 Å². The zero-order valence-electron chi connectivity index (χ0n) is 10.5. The fourth-order valence-corrected chi connectivity index (χ4v) is 3.88. The average molecular weight is 370 g/mol. The summed E-state index contributed by atoms with van der Waals surface area (Å²) in [5.74, 6) is -2.35. The van der Waals surface area contributed by atoms with Crippen molar-refractivity contribution in [1.82, 2.24) is 0 Å². The lowest BCUT2D eigenvalue weighted by atomic mass is 10.1. The molecule has 20 heavy (non-hydrogen) atoms. The lowest BCUT2D eigenvalue weighted by Crippen LogP contribution is -2.31. The van der Waals surface area contributed by atoms with Crippen molar-refractivity contribution in [2.75, 3.05) is 17.1 Å². The second-order valence-electron chi connectivity index (χ2n) is 4.62. The number of benzene rings is 1. The molecule has 0 amide bonds. The lowest BCUT2D eigenvalue weighted by Gasteiger charge is -2.22. The molecule has 0 aromatic heterocycles. The van der Waals surface area contributed by atoms with Gasteiger partial charge < -0.3 is 4.74 Å². The molecule has 0 bridgehead atoms. The Bertz CT molecular complexity index is 589. The summed E-state index contributed by atoms with van der Waals surface area (Å²) in [7, 11) is -3.68. The number of nitrogens with one attached hydrogen (secondary N) is 1. The summed E-state index contributed by atoms with van der Waals surface area (Å²) in [5, 5.41) is 0. The Kier molecular flexibility index (Phi) is 4.98. The maximum Gasteiger partial charge on any atom is 0.235 e. The summed E-state index contributed by atoms with van der Waals surface area (Å²) in [4.78, 5) is 0. The van der Waals surface area contributed by atoms with Gasteiger partial charge in [0.15, 0.2) is 11.6 Å². The van der Waals surface area contributed by atoms with E-state index in [0.29, 0.717) is 13.0 Å². The van der Waals surface area contributed by atoms with Crippen molar-refractivity contribution in [3.05, 3.63) is 28.2 Å². The minimum absolute atomic E-state index is 0.0280. The smallest absolute Gasteiger partial charge is 0.235 e. The van der Waals surface area contributed by atoms with Crippen LogP contribution < -0.4 is 4.72 Å². The maximum absolute atomic E-state index is 13.1. The number of hydrogen-bond donors (Lipinski definition) is 1. The Labute approximate surface area is 124 Å². The lowest BCUT2D eigenvalue weighted by molar-refractivity contribution is 0.0306. The van der Waals surface area contributed by atoms with E-state index in [1.165, 1.54) is 0 Å². The van der Waals surface area contributed by atoms with E-state index in [0.717, 1.165) is 25.0 Å². The van der Waals surface area contributed by atoms with Crippen LogP contribution in [0.15, 0.2) is 16.6 Å². The minimum Gasteiger partial charge on any atom is -0.377 e. The first-order chi connectivity index (χ1) is 9.37. The highest BCUT2D eigenvalue weighted by atomic mass is 79.9. The Hall–Kier alpha value is -0.730. The topological polar surface area (TPSA) is 55.4 Å². The highest BCUT2D eigenvalue weighted by Crippen LogP contribution is 2.26. The van der Waals surface area contributed by atoms with Crippen LogP contribution in [0.5, 0.6) is 0 Å². The first kappa shape index (κ1) is 15.7. The van der Waals surface area contributed by atoms with Gasteiger partial charge in [0.05, 0.1) is 17.5 Å². The molecular formula is C12H14BrF2NO3S. The number of anilines is 1. The van der Waals surface area contributed by atoms with Gasteiger partial charge in [-0.05, 0) is 41.3 Å². The van der Waals surface area contributed by atoms with Gasteiger partial charge in [0.25, 0.3) is 0 Å². The van der Waals surface area contributed by atoms with Gasteiger partial charge in [-0.15, -0.1) is 0 Å². The summed E-state index contributed by atoms with van der Waals surface area (Å²) in [6, 6.07) is 1.68. The fourth-order valence-electron chi connectivity index (χ4n) is 1.99. The Morgan fingerprint density at radius 3 is 2.65 bits per heavy atom. The third-order valence-electron chi connectivity index (χ3n) is 2.95. The van der Waals surface area contributed by atoms with E-state index in [2.05, 4.69) is 20.7 Å². The average Bonchev–Trinajstić information content (AvgIpc) is 2.36. The second-order valence-corrected chi connectivity index (χ2v) is 7.24. The van der Waals surface area contributed by atoms with Gasteiger partial charge in [0, 0.05) is 17.1 Å². The number of hydrogen-bond acceptors (Lipinski definition) is 3. The van der Waals surface area contributed by atoms with Crippen LogP contribution >= 0.6 is 15.9 Å². The molecule has 1 heterocycles. The quantitative estimate of drug-likeness (QED) is 0.829. The van der Waals surface area contributed by atoms with Crippen LogP contribution in [-0.4, -0.2) is 26.9 Å². The second kappa shape index (κ2) is 6.36. The number of rotatable bonds is 4. The molecule has 1 unspecified atom stereocenters. The summed E-state index contributed by atoms with van der Waals surface area (Å²) in [5.41, 5.74) is -0.0280. The highest BCUT2D eigenvalue weighted by Gasteiger charge is 2.23. The van der Waals surface area contributed by atoms with E-state index in [1.807, 2.05) is 0 Å². The number of halogens is 3. The summed E-state index contributed by atoms with van der Waals surface area (Å²) in [6.07, 6.45) is 2.18. The molecule has 1 N–H and O–H groups in total. The van der Waals surface area contributed by atoms with E-state index < -0.39 is 21.7 Å². The molecule has 0 spiro atoms. The van der Waals surface area contributed by atoms with Crippen molar-refractivity contribution < 1.29 is 21.9 Å². The van der Waals surface area contributed by atoms with Gasteiger partial charge in [-0.2, -0.15) is 0 Å². The van der Waals surface area contributed by atoms with Crippen LogP contribution in [0.4, 0.5) is 14.5 Å². The summed E-state index contributed by atoms with van der Waals surface area (Å²) < 4.78 is 57.8. The molecule has 1 atom stereocenters. The Morgan fingerprint density at radius 2 is 2.00 bits per heavy atom. The predicted molar refractivity (Wildman–Crippen MR) is 75.1 cm³/mol. The van der Waals surface area contributed by atoms with Gasteiger partial charge in [0.1, 0.15) is 0 Å². The molecule has 1 saturated heterocycles. The summed E-state index contributed by atoms with van der Waals surface area (Å²) in [6.45, 7) is 0.551. The van der Waals surface area contributed by atoms with Crippen molar-refractivity contribution in [1.29, 1.82) is 0 Å². The molecular weight excluding hydrogens is 356 g/mol. The van der Waals surface area contributed by atoms with Gasteiger partial charge in [-0.1, -0.05) is 0 Å². The zero-order chi connectivity index (χ0) is 14.8. The largest absolute Gasteiger partial charge is 0.377 e. The molecule has 1 aromatic rings. The first-order valence-electron chi connectivity index (χ1n) is 6.14. The fraction of sp³-hybridized carbons (Fsp3) is 0.500. The van der Waals surface area contributed by atoms with E-state index >= 15 is 0 Å². The standard InChI is InChI=1S/C12H14BrF2NO3S/c13-9-5-10(14)11(15)6-12(9)16-20(17,18)7-8-3-1-2-4-19-8/h5-6,8,16H,1-4,7H2. The predicted octanol–water partition coefficient (Wildman–Crippen LogP) is 3.04. The van der Waals surface area contributed by atoms with Crippen LogP contribution in [0, 0.1) is 11.6 Å². The van der Waals surface area contributed by atoms with E-state index in [1.54, 1.807) is 0 Å². The summed E-state index contributed by atoms with van der Waals surface area (Å²) >= 11 is 2.99. The van der Waals surface area contributed by atoms with Crippen LogP contribution in [0.3, 0.4) is 0 Å². The molecule has 112 valence electrons. The van der Waals surface area contributed by atoms with Crippen molar-refractivity contribution >= 4 is 31.6 Å². The van der Waals surface area contributed by atoms with Crippen molar-refractivity contribution in [3.8, 4) is 0 Å². The third-order valence-corrected chi connectivity index (χ3v) is 4.95. The van der Waals surface area contributed by atoms with E-state index in [-0.39, 0.29) is 22.0 Å². The number of sulfonamides is 1. The minimum atomic E-state index is -3.68. The monoisotopic (exact) mass is 369 g/mol.